The molecule has 0 saturated heterocycles. The first-order chi connectivity index (χ1) is 13.8. The predicted octanol–water partition coefficient (Wildman–Crippen LogP) is 3.97. The predicted molar refractivity (Wildman–Crippen MR) is 111 cm³/mol. The molecule has 1 aliphatic carbocycles. The molecule has 3 rings (SSSR count). The summed E-state index contributed by atoms with van der Waals surface area (Å²) in [5.74, 6) is -0.537. The van der Waals surface area contributed by atoms with Gasteiger partial charge in [-0.05, 0) is 47.9 Å². The Morgan fingerprint density at radius 2 is 1.90 bits per heavy atom. The average Bonchev–Trinajstić information content (AvgIpc) is 3.25. The third-order valence-electron chi connectivity index (χ3n) is 4.73. The number of nitriles is 1. The Morgan fingerprint density at radius 1 is 1.17 bits per heavy atom. The number of benzene rings is 1. The summed E-state index contributed by atoms with van der Waals surface area (Å²) in [5.41, 5.74) is 2.78. The second-order valence-electron chi connectivity index (χ2n) is 7.95. The molecule has 0 fully saturated rings. The molecule has 1 aromatic carbocycles. The Labute approximate surface area is 174 Å². The summed E-state index contributed by atoms with van der Waals surface area (Å²) in [6.07, 6.45) is 2.85. The van der Waals surface area contributed by atoms with E-state index in [0.717, 1.165) is 29.7 Å². The van der Waals surface area contributed by atoms with Gasteiger partial charge in [-0.3, -0.25) is 4.79 Å². The van der Waals surface area contributed by atoms with Crippen LogP contribution >= 0.6 is 11.3 Å². The quantitative estimate of drug-likeness (QED) is 0.726. The number of carbonyl (C=O) groups is 2. The molecule has 1 aliphatic rings. The number of thiophene rings is 1. The average molecular weight is 413 g/mol. The molecule has 1 N–H and O–H groups in total. The van der Waals surface area contributed by atoms with E-state index in [4.69, 9.17) is 9.47 Å². The molecule has 6 nitrogen and oxygen atoms in total. The van der Waals surface area contributed by atoms with Crippen LogP contribution in [0.5, 0.6) is 5.75 Å². The van der Waals surface area contributed by atoms with Crippen LogP contribution in [0.15, 0.2) is 24.3 Å². The molecule has 0 aliphatic heterocycles. The lowest BCUT2D eigenvalue weighted by Gasteiger charge is -2.19. The fraction of sp³-hybridized carbons (Fsp3) is 0.409. The van der Waals surface area contributed by atoms with Crippen molar-refractivity contribution < 1.29 is 19.1 Å². The fourth-order valence-electron chi connectivity index (χ4n) is 3.15. The Kier molecular flexibility index (Phi) is 6.23. The van der Waals surface area contributed by atoms with Gasteiger partial charge in [0.1, 0.15) is 16.8 Å². The van der Waals surface area contributed by atoms with Crippen molar-refractivity contribution in [2.24, 2.45) is 0 Å². The number of hydrogen-bond acceptors (Lipinski definition) is 6. The number of anilines is 1. The Hall–Kier alpha value is -2.85. The van der Waals surface area contributed by atoms with E-state index in [0.29, 0.717) is 16.3 Å². The number of rotatable bonds is 6. The van der Waals surface area contributed by atoms with Gasteiger partial charge in [-0.2, -0.15) is 5.26 Å². The van der Waals surface area contributed by atoms with Gasteiger partial charge >= 0.3 is 5.97 Å². The number of esters is 1. The Morgan fingerprint density at radius 3 is 2.55 bits per heavy atom. The van der Waals surface area contributed by atoms with Crippen molar-refractivity contribution in [2.75, 3.05) is 18.5 Å². The zero-order chi connectivity index (χ0) is 21.0. The Bertz CT molecular complexity index is 949. The highest BCUT2D eigenvalue weighted by Crippen LogP contribution is 2.38. The molecular weight excluding hydrogens is 388 g/mol. The lowest BCUT2D eigenvalue weighted by Crippen LogP contribution is -2.23. The minimum Gasteiger partial charge on any atom is -0.482 e. The zero-order valence-corrected chi connectivity index (χ0v) is 17.6. The third kappa shape index (κ3) is 5.15. The van der Waals surface area contributed by atoms with Gasteiger partial charge in [0.05, 0.1) is 5.56 Å². The molecule has 1 heterocycles. The molecule has 7 heteroatoms. The standard InChI is InChI=1S/C22H24N2O4S/c1-22(2,3)14-7-9-15(10-8-14)27-13-20(26)28-12-19(25)24-21-17(11-23)16-5-4-6-18(16)29-21/h7-10H,4-6,12-13H2,1-3H3,(H,24,25). The van der Waals surface area contributed by atoms with Crippen molar-refractivity contribution in [2.45, 2.75) is 45.4 Å². The highest BCUT2D eigenvalue weighted by atomic mass is 32.1. The van der Waals surface area contributed by atoms with Crippen molar-refractivity contribution >= 4 is 28.2 Å². The van der Waals surface area contributed by atoms with Gasteiger partial charge < -0.3 is 14.8 Å². The molecular formula is C22H24N2O4S. The van der Waals surface area contributed by atoms with E-state index in [9.17, 15) is 14.9 Å². The van der Waals surface area contributed by atoms with E-state index in [1.54, 1.807) is 12.1 Å². The van der Waals surface area contributed by atoms with Crippen LogP contribution in [0.25, 0.3) is 0 Å². The number of hydrogen-bond donors (Lipinski definition) is 1. The van der Waals surface area contributed by atoms with Crippen LogP contribution in [-0.4, -0.2) is 25.1 Å². The fourth-order valence-corrected chi connectivity index (χ4v) is 4.41. The summed E-state index contributed by atoms with van der Waals surface area (Å²) in [6.45, 7) is 5.66. The highest BCUT2D eigenvalue weighted by molar-refractivity contribution is 7.16. The van der Waals surface area contributed by atoms with E-state index >= 15 is 0 Å². The molecule has 152 valence electrons. The van der Waals surface area contributed by atoms with Gasteiger partial charge in [-0.1, -0.05) is 32.9 Å². The SMILES string of the molecule is CC(C)(C)c1ccc(OCC(=O)OCC(=O)Nc2sc3c(c2C#N)CCC3)cc1. The number of ether oxygens (including phenoxy) is 2. The zero-order valence-electron chi connectivity index (χ0n) is 16.8. The lowest BCUT2D eigenvalue weighted by atomic mass is 9.87. The first-order valence-electron chi connectivity index (χ1n) is 9.51. The van der Waals surface area contributed by atoms with E-state index in [1.807, 2.05) is 12.1 Å². The Balaban J connectivity index is 1.45. The summed E-state index contributed by atoms with van der Waals surface area (Å²) in [5, 5.41) is 12.6. The maximum Gasteiger partial charge on any atom is 0.344 e. The van der Waals surface area contributed by atoms with E-state index in [2.05, 4.69) is 32.2 Å². The molecule has 0 atom stereocenters. The highest BCUT2D eigenvalue weighted by Gasteiger charge is 2.23. The third-order valence-corrected chi connectivity index (χ3v) is 5.93. The molecule has 29 heavy (non-hydrogen) atoms. The number of amides is 1. The number of nitrogens with one attached hydrogen (secondary N) is 1. The number of aryl methyl sites for hydroxylation is 1. The minimum absolute atomic E-state index is 0.0406. The van der Waals surface area contributed by atoms with Gasteiger partial charge in [0.2, 0.25) is 0 Å². The topological polar surface area (TPSA) is 88.4 Å². The summed E-state index contributed by atoms with van der Waals surface area (Å²) in [7, 11) is 0. The largest absolute Gasteiger partial charge is 0.482 e. The van der Waals surface area contributed by atoms with Crippen LogP contribution in [0, 0.1) is 11.3 Å². The van der Waals surface area contributed by atoms with Crippen molar-refractivity contribution in [3.05, 3.63) is 45.8 Å². The summed E-state index contributed by atoms with van der Waals surface area (Å²) >= 11 is 1.43. The van der Waals surface area contributed by atoms with E-state index in [1.165, 1.54) is 16.9 Å². The maximum atomic E-state index is 12.1. The van der Waals surface area contributed by atoms with Crippen LogP contribution in [0.3, 0.4) is 0 Å². The summed E-state index contributed by atoms with van der Waals surface area (Å²) in [6, 6.07) is 9.69. The van der Waals surface area contributed by atoms with Gasteiger partial charge in [-0.25, -0.2) is 4.79 Å². The normalized spacial score (nSPS) is 12.8. The maximum absolute atomic E-state index is 12.1. The molecule has 2 aromatic rings. The molecule has 0 spiro atoms. The molecule has 0 bridgehead atoms. The monoisotopic (exact) mass is 412 g/mol. The van der Waals surface area contributed by atoms with Crippen molar-refractivity contribution in [1.29, 1.82) is 5.26 Å². The lowest BCUT2D eigenvalue weighted by molar-refractivity contribution is -0.149. The molecule has 1 aromatic heterocycles. The molecule has 1 amide bonds. The van der Waals surface area contributed by atoms with Crippen LogP contribution in [0.1, 0.15) is 48.8 Å². The van der Waals surface area contributed by atoms with E-state index < -0.39 is 18.5 Å². The van der Waals surface area contributed by atoms with Crippen LogP contribution in [0.4, 0.5) is 5.00 Å². The van der Waals surface area contributed by atoms with Crippen molar-refractivity contribution in [3.63, 3.8) is 0 Å². The summed E-state index contributed by atoms with van der Waals surface area (Å²) in [4.78, 5) is 25.1. The molecule has 0 unspecified atom stereocenters. The number of nitrogens with zero attached hydrogens (tertiary/aromatic N) is 1. The van der Waals surface area contributed by atoms with Crippen molar-refractivity contribution in [1.82, 2.24) is 0 Å². The smallest absolute Gasteiger partial charge is 0.344 e. The number of carbonyl (C=O) groups excluding carboxylic acids is 2. The molecule has 0 saturated carbocycles. The van der Waals surface area contributed by atoms with Gasteiger partial charge in [0, 0.05) is 4.88 Å². The van der Waals surface area contributed by atoms with Gasteiger partial charge in [-0.15, -0.1) is 11.3 Å². The van der Waals surface area contributed by atoms with Crippen molar-refractivity contribution in [3.8, 4) is 11.8 Å². The van der Waals surface area contributed by atoms with Crippen LogP contribution in [0.2, 0.25) is 0 Å². The van der Waals surface area contributed by atoms with Gasteiger partial charge in [0.25, 0.3) is 5.91 Å². The van der Waals surface area contributed by atoms with Crippen LogP contribution in [-0.2, 0) is 32.6 Å². The summed E-state index contributed by atoms with van der Waals surface area (Å²) < 4.78 is 10.4. The van der Waals surface area contributed by atoms with Crippen LogP contribution < -0.4 is 10.1 Å². The number of fused-ring (bicyclic) bond motifs is 1. The van der Waals surface area contributed by atoms with Gasteiger partial charge in [0.15, 0.2) is 13.2 Å². The second-order valence-corrected chi connectivity index (χ2v) is 9.05. The first kappa shape index (κ1) is 20.9. The molecule has 0 radical (unpaired) electrons. The first-order valence-corrected chi connectivity index (χ1v) is 10.3. The minimum atomic E-state index is -0.630. The van der Waals surface area contributed by atoms with E-state index in [-0.39, 0.29) is 12.0 Å². The second kappa shape index (κ2) is 8.66.